The van der Waals surface area contributed by atoms with Gasteiger partial charge in [0.05, 0.1) is 25.0 Å². The van der Waals surface area contributed by atoms with Gasteiger partial charge in [0.25, 0.3) is 0 Å². The lowest BCUT2D eigenvalue weighted by Gasteiger charge is -2.45. The Hall–Kier alpha value is -0.426. The van der Waals surface area contributed by atoms with Crippen LogP contribution >= 0.6 is 0 Å². The van der Waals surface area contributed by atoms with Gasteiger partial charge in [-0.2, -0.15) is 0 Å². The summed E-state index contributed by atoms with van der Waals surface area (Å²) in [7, 11) is -9.94. The van der Waals surface area contributed by atoms with Crippen molar-refractivity contribution in [2.75, 3.05) is 6.61 Å². The second kappa shape index (κ2) is 15.3. The normalized spacial score (nSPS) is 17.1. The van der Waals surface area contributed by atoms with E-state index in [0.717, 1.165) is 5.56 Å². The summed E-state index contributed by atoms with van der Waals surface area (Å²) in [5.41, 5.74) is 1.06. The van der Waals surface area contributed by atoms with Crippen LogP contribution in [-0.4, -0.2) is 78.8 Å². The van der Waals surface area contributed by atoms with E-state index in [1.54, 1.807) is 6.21 Å². The highest BCUT2D eigenvalue weighted by atomic mass is 28.4. The minimum atomic E-state index is -2.07. The van der Waals surface area contributed by atoms with Gasteiger partial charge in [-0.05, 0) is 104 Å². The Bertz CT molecular complexity index is 886. The second-order valence-electron chi connectivity index (χ2n) is 15.3. The van der Waals surface area contributed by atoms with Crippen molar-refractivity contribution in [1.82, 2.24) is 0 Å². The molecule has 4 atom stereocenters. The van der Waals surface area contributed by atoms with Crippen molar-refractivity contribution in [3.8, 4) is 0 Å². The van der Waals surface area contributed by atoms with E-state index in [4.69, 9.17) is 27.0 Å². The molecular weight excluding hydrogens is 587 g/mol. The zero-order valence-electron chi connectivity index (χ0n) is 28.1. The largest absolute Gasteiger partial charge is 0.415 e. The Labute approximate surface area is 251 Å². The van der Waals surface area contributed by atoms with Gasteiger partial charge in [-0.25, -0.2) is 0 Å². The lowest BCUT2D eigenvalue weighted by Crippen LogP contribution is -2.60. The first-order chi connectivity index (χ1) is 17.9. The molecule has 0 fully saturated rings. The standard InChI is InChI=1S/C28H59NO6Si5/c1-36(2,3)31-23-26(33-38(7,8)9)28(35-40(13,14)15)27(34-39(10,11)12)25(32-37(4,5)6)21-29-30-22-24-19-17-16-18-20-24/h16-21,25-28H,22-23H2,1-15H3/b29-21-. The summed E-state index contributed by atoms with van der Waals surface area (Å²) in [4.78, 5) is 5.74. The van der Waals surface area contributed by atoms with Crippen molar-refractivity contribution in [2.45, 2.75) is 129 Å². The molecule has 0 aromatic heterocycles. The molecule has 1 aromatic rings. The fourth-order valence-corrected chi connectivity index (χ4v) is 8.83. The van der Waals surface area contributed by atoms with Gasteiger partial charge in [0, 0.05) is 0 Å². The highest BCUT2D eigenvalue weighted by molar-refractivity contribution is 6.71. The van der Waals surface area contributed by atoms with Crippen LogP contribution in [0.5, 0.6) is 0 Å². The molecule has 0 heterocycles. The summed E-state index contributed by atoms with van der Waals surface area (Å²) >= 11 is 0. The number of rotatable bonds is 18. The van der Waals surface area contributed by atoms with E-state index in [1.807, 2.05) is 30.3 Å². The molecule has 12 heteroatoms. The average Bonchev–Trinajstić information content (AvgIpc) is 2.73. The molecule has 4 unspecified atom stereocenters. The van der Waals surface area contributed by atoms with E-state index in [1.165, 1.54) is 0 Å². The SMILES string of the molecule is C[Si](C)(C)OCC(O[Si](C)(C)C)C(O[Si](C)(C)C)C(O[Si](C)(C)C)C(/C=N\OCc1ccccc1)O[Si](C)(C)C. The molecule has 0 saturated carbocycles. The van der Waals surface area contributed by atoms with Gasteiger partial charge in [-0.3, -0.25) is 0 Å². The summed E-state index contributed by atoms with van der Waals surface area (Å²) < 4.78 is 34.1. The molecule has 0 N–H and O–H groups in total. The zero-order valence-corrected chi connectivity index (χ0v) is 33.1. The second-order valence-corrected chi connectivity index (χ2v) is 37.6. The molecule has 0 aliphatic rings. The van der Waals surface area contributed by atoms with Gasteiger partial charge < -0.3 is 27.0 Å². The van der Waals surface area contributed by atoms with E-state index in [9.17, 15) is 0 Å². The van der Waals surface area contributed by atoms with Gasteiger partial charge in [0.1, 0.15) is 18.8 Å². The van der Waals surface area contributed by atoms with E-state index in [-0.39, 0.29) is 12.2 Å². The van der Waals surface area contributed by atoms with Crippen LogP contribution in [0.25, 0.3) is 0 Å². The lowest BCUT2D eigenvalue weighted by molar-refractivity contribution is -0.0734. The third-order valence-electron chi connectivity index (χ3n) is 5.02. The molecule has 7 nitrogen and oxygen atoms in total. The smallest absolute Gasteiger partial charge is 0.184 e. The Balaban J connectivity index is 3.59. The number of nitrogens with zero attached hydrogens (tertiary/aromatic N) is 1. The van der Waals surface area contributed by atoms with Gasteiger partial charge >= 0.3 is 0 Å². The first-order valence-corrected chi connectivity index (χ1v) is 31.5. The van der Waals surface area contributed by atoms with Gasteiger partial charge in [0.15, 0.2) is 41.6 Å². The minimum Gasteiger partial charge on any atom is -0.415 e. The van der Waals surface area contributed by atoms with Gasteiger partial charge in [-0.15, -0.1) is 0 Å². The molecule has 1 aromatic carbocycles. The van der Waals surface area contributed by atoms with Crippen LogP contribution in [0.2, 0.25) is 98.2 Å². The molecule has 0 aliphatic carbocycles. The Morgan fingerprint density at radius 3 is 1.52 bits per heavy atom. The molecule has 1 rings (SSSR count). The monoisotopic (exact) mass is 645 g/mol. The van der Waals surface area contributed by atoms with Crippen LogP contribution in [0.3, 0.4) is 0 Å². The molecule has 0 aliphatic heterocycles. The third kappa shape index (κ3) is 18.2. The van der Waals surface area contributed by atoms with Crippen molar-refractivity contribution in [3.63, 3.8) is 0 Å². The molecule has 0 saturated heterocycles. The number of oxime groups is 1. The van der Waals surface area contributed by atoms with Crippen LogP contribution in [0, 0.1) is 0 Å². The summed E-state index contributed by atoms with van der Waals surface area (Å²) in [6.07, 6.45) is 0.203. The third-order valence-corrected chi connectivity index (χ3v) is 10.0. The molecule has 0 bridgehead atoms. The number of hydrogen-bond donors (Lipinski definition) is 0. The first kappa shape index (κ1) is 37.6. The maximum atomic E-state index is 6.99. The zero-order chi connectivity index (χ0) is 31.0. The van der Waals surface area contributed by atoms with Crippen molar-refractivity contribution in [3.05, 3.63) is 35.9 Å². The van der Waals surface area contributed by atoms with Crippen LogP contribution in [0.15, 0.2) is 35.5 Å². The lowest BCUT2D eigenvalue weighted by atomic mass is 10.0. The van der Waals surface area contributed by atoms with E-state index in [2.05, 4.69) is 103 Å². The summed E-state index contributed by atoms with van der Waals surface area (Å²) in [5.74, 6) is 0. The molecule has 40 heavy (non-hydrogen) atoms. The summed E-state index contributed by atoms with van der Waals surface area (Å²) in [6.45, 7) is 33.9. The first-order valence-electron chi connectivity index (χ1n) is 14.5. The van der Waals surface area contributed by atoms with E-state index >= 15 is 0 Å². The Kier molecular flexibility index (Phi) is 14.4. The number of hydrogen-bond acceptors (Lipinski definition) is 7. The predicted octanol–water partition coefficient (Wildman–Crippen LogP) is 7.92. The van der Waals surface area contributed by atoms with Crippen LogP contribution in [0.1, 0.15) is 5.56 Å². The van der Waals surface area contributed by atoms with Crippen LogP contribution < -0.4 is 0 Å². The van der Waals surface area contributed by atoms with Crippen molar-refractivity contribution < 1.29 is 27.0 Å². The Morgan fingerprint density at radius 2 is 1.07 bits per heavy atom. The van der Waals surface area contributed by atoms with Crippen molar-refractivity contribution in [1.29, 1.82) is 0 Å². The van der Waals surface area contributed by atoms with Gasteiger partial charge in [0.2, 0.25) is 0 Å². The quantitative estimate of drug-likeness (QED) is 0.0918. The van der Waals surface area contributed by atoms with Crippen LogP contribution in [-0.2, 0) is 33.6 Å². The summed E-state index contributed by atoms with van der Waals surface area (Å²) in [5, 5.41) is 4.41. The Morgan fingerprint density at radius 1 is 0.600 bits per heavy atom. The van der Waals surface area contributed by atoms with Gasteiger partial charge in [-0.1, -0.05) is 35.5 Å². The fraction of sp³-hybridized carbons (Fsp3) is 0.750. The van der Waals surface area contributed by atoms with Crippen LogP contribution in [0.4, 0.5) is 0 Å². The molecule has 0 radical (unpaired) electrons. The highest BCUT2D eigenvalue weighted by Gasteiger charge is 2.44. The van der Waals surface area contributed by atoms with E-state index in [0.29, 0.717) is 13.2 Å². The molecule has 0 amide bonds. The average molecular weight is 646 g/mol. The van der Waals surface area contributed by atoms with Crippen molar-refractivity contribution in [2.24, 2.45) is 5.16 Å². The fourth-order valence-electron chi connectivity index (χ4n) is 3.85. The molecule has 0 spiro atoms. The number of benzene rings is 1. The maximum absolute atomic E-state index is 6.99. The topological polar surface area (TPSA) is 67.7 Å². The molecular formula is C28H59NO6Si5. The highest BCUT2D eigenvalue weighted by Crippen LogP contribution is 2.28. The van der Waals surface area contributed by atoms with Crippen molar-refractivity contribution >= 4 is 47.8 Å². The predicted molar refractivity (Wildman–Crippen MR) is 182 cm³/mol. The molecule has 232 valence electrons. The maximum Gasteiger partial charge on any atom is 0.184 e. The minimum absolute atomic E-state index is 0.294. The summed E-state index contributed by atoms with van der Waals surface area (Å²) in [6, 6.07) is 10.0. The van der Waals surface area contributed by atoms with E-state index < -0.39 is 53.8 Å².